The van der Waals surface area contributed by atoms with Crippen molar-refractivity contribution in [3.05, 3.63) is 22.3 Å². The molecule has 18 heavy (non-hydrogen) atoms. The quantitative estimate of drug-likeness (QED) is 0.834. The maximum absolute atomic E-state index is 12.4. The molecule has 0 saturated carbocycles. The lowest BCUT2D eigenvalue weighted by Crippen LogP contribution is -2.44. The van der Waals surface area contributed by atoms with Gasteiger partial charge in [-0.1, -0.05) is 0 Å². The van der Waals surface area contributed by atoms with Crippen molar-refractivity contribution in [2.75, 3.05) is 26.8 Å². The maximum atomic E-state index is 12.4. The molecule has 0 bridgehead atoms. The first-order valence-electron chi connectivity index (χ1n) is 5.72. The van der Waals surface area contributed by atoms with Gasteiger partial charge in [-0.25, -0.2) is 4.98 Å². The van der Waals surface area contributed by atoms with E-state index in [1.807, 2.05) is 6.92 Å². The molecule has 0 radical (unpaired) electrons. The number of nitrogens with zero attached hydrogens (tertiary/aromatic N) is 2. The van der Waals surface area contributed by atoms with E-state index in [0.717, 1.165) is 4.47 Å². The zero-order valence-electron chi connectivity index (χ0n) is 10.4. The van der Waals surface area contributed by atoms with Crippen LogP contribution in [0.15, 0.2) is 16.7 Å². The Morgan fingerprint density at radius 2 is 2.44 bits per heavy atom. The van der Waals surface area contributed by atoms with Gasteiger partial charge in [0.05, 0.1) is 19.8 Å². The highest BCUT2D eigenvalue weighted by atomic mass is 79.9. The molecule has 0 N–H and O–H groups in total. The lowest BCUT2D eigenvalue weighted by molar-refractivity contribution is -0.0125. The first kappa shape index (κ1) is 13.3. The highest BCUT2D eigenvalue weighted by molar-refractivity contribution is 9.10. The van der Waals surface area contributed by atoms with Gasteiger partial charge in [-0.15, -0.1) is 0 Å². The average Bonchev–Trinajstić information content (AvgIpc) is 2.38. The van der Waals surface area contributed by atoms with Crippen molar-refractivity contribution in [2.24, 2.45) is 0 Å². The van der Waals surface area contributed by atoms with Gasteiger partial charge in [0, 0.05) is 23.8 Å². The predicted octanol–water partition coefficient (Wildman–Crippen LogP) is 1.71. The second kappa shape index (κ2) is 5.67. The lowest BCUT2D eigenvalue weighted by atomic mass is 10.2. The van der Waals surface area contributed by atoms with Gasteiger partial charge in [-0.3, -0.25) is 4.79 Å². The van der Waals surface area contributed by atoms with Gasteiger partial charge in [0.15, 0.2) is 0 Å². The van der Waals surface area contributed by atoms with Crippen LogP contribution in [0.1, 0.15) is 17.3 Å². The number of halogens is 1. The molecule has 1 saturated heterocycles. The van der Waals surface area contributed by atoms with Crippen molar-refractivity contribution in [3.8, 4) is 5.88 Å². The van der Waals surface area contributed by atoms with Crippen LogP contribution in [-0.4, -0.2) is 48.7 Å². The Labute approximate surface area is 114 Å². The highest BCUT2D eigenvalue weighted by Crippen LogP contribution is 2.22. The largest absolute Gasteiger partial charge is 0.480 e. The van der Waals surface area contributed by atoms with Crippen molar-refractivity contribution in [1.29, 1.82) is 0 Å². The number of carbonyl (C=O) groups is 1. The fourth-order valence-corrected chi connectivity index (χ4v) is 2.25. The minimum atomic E-state index is -0.0733. The van der Waals surface area contributed by atoms with Crippen molar-refractivity contribution < 1.29 is 14.3 Å². The molecule has 6 heteroatoms. The molecule has 1 aromatic heterocycles. The molecule has 1 aromatic rings. The SMILES string of the molecule is COc1ncc(Br)cc1C(=O)N1CCO[C@H](C)C1. The van der Waals surface area contributed by atoms with Crippen molar-refractivity contribution >= 4 is 21.8 Å². The zero-order valence-corrected chi connectivity index (χ0v) is 11.9. The Hall–Kier alpha value is -1.14. The molecule has 1 aliphatic heterocycles. The van der Waals surface area contributed by atoms with E-state index in [9.17, 15) is 4.79 Å². The molecule has 2 rings (SSSR count). The molecular formula is C12H15BrN2O3. The lowest BCUT2D eigenvalue weighted by Gasteiger charge is -2.31. The monoisotopic (exact) mass is 314 g/mol. The Kier molecular flexibility index (Phi) is 4.19. The first-order valence-corrected chi connectivity index (χ1v) is 6.51. The van der Waals surface area contributed by atoms with Crippen LogP contribution in [-0.2, 0) is 4.74 Å². The second-order valence-corrected chi connectivity index (χ2v) is 5.06. The summed E-state index contributed by atoms with van der Waals surface area (Å²) in [5.74, 6) is 0.276. The van der Waals surface area contributed by atoms with Crippen LogP contribution in [0.25, 0.3) is 0 Å². The number of amides is 1. The Balaban J connectivity index is 2.24. The molecule has 1 fully saturated rings. The van der Waals surface area contributed by atoms with Crippen molar-refractivity contribution in [3.63, 3.8) is 0 Å². The minimum Gasteiger partial charge on any atom is -0.480 e. The summed E-state index contributed by atoms with van der Waals surface area (Å²) in [7, 11) is 1.51. The van der Waals surface area contributed by atoms with Gasteiger partial charge < -0.3 is 14.4 Å². The van der Waals surface area contributed by atoms with Crippen LogP contribution in [0, 0.1) is 0 Å². The summed E-state index contributed by atoms with van der Waals surface area (Å²) in [4.78, 5) is 18.3. The molecular weight excluding hydrogens is 300 g/mol. The van der Waals surface area contributed by atoms with E-state index in [1.165, 1.54) is 7.11 Å². The van der Waals surface area contributed by atoms with Crippen LogP contribution in [0.4, 0.5) is 0 Å². The summed E-state index contributed by atoms with van der Waals surface area (Å²) in [6, 6.07) is 1.73. The summed E-state index contributed by atoms with van der Waals surface area (Å²) >= 11 is 3.32. The molecule has 0 aromatic carbocycles. The zero-order chi connectivity index (χ0) is 13.1. The van der Waals surface area contributed by atoms with Gasteiger partial charge in [0.25, 0.3) is 5.91 Å². The van der Waals surface area contributed by atoms with Crippen LogP contribution >= 0.6 is 15.9 Å². The molecule has 1 atom stereocenters. The fraction of sp³-hybridized carbons (Fsp3) is 0.500. The Morgan fingerprint density at radius 3 is 3.11 bits per heavy atom. The predicted molar refractivity (Wildman–Crippen MR) is 69.8 cm³/mol. The molecule has 2 heterocycles. The number of pyridine rings is 1. The summed E-state index contributed by atoms with van der Waals surface area (Å²) in [5, 5.41) is 0. The number of hydrogen-bond acceptors (Lipinski definition) is 4. The maximum Gasteiger partial charge on any atom is 0.259 e. The number of rotatable bonds is 2. The Morgan fingerprint density at radius 1 is 1.67 bits per heavy atom. The normalized spacial score (nSPS) is 19.7. The highest BCUT2D eigenvalue weighted by Gasteiger charge is 2.25. The molecule has 0 spiro atoms. The average molecular weight is 315 g/mol. The number of aromatic nitrogens is 1. The van der Waals surface area contributed by atoms with E-state index in [0.29, 0.717) is 31.1 Å². The summed E-state index contributed by atoms with van der Waals surface area (Å²) in [6.07, 6.45) is 1.67. The third kappa shape index (κ3) is 2.81. The van der Waals surface area contributed by atoms with Crippen LogP contribution in [0.2, 0.25) is 0 Å². The number of methoxy groups -OCH3 is 1. The third-order valence-corrected chi connectivity index (χ3v) is 3.20. The van der Waals surface area contributed by atoms with E-state index in [-0.39, 0.29) is 12.0 Å². The molecule has 0 aliphatic carbocycles. The molecule has 0 unspecified atom stereocenters. The van der Waals surface area contributed by atoms with E-state index in [2.05, 4.69) is 20.9 Å². The number of hydrogen-bond donors (Lipinski definition) is 0. The van der Waals surface area contributed by atoms with E-state index < -0.39 is 0 Å². The van der Waals surface area contributed by atoms with Gasteiger partial charge in [0.2, 0.25) is 5.88 Å². The van der Waals surface area contributed by atoms with Crippen LogP contribution < -0.4 is 4.74 Å². The second-order valence-electron chi connectivity index (χ2n) is 4.14. The first-order chi connectivity index (χ1) is 8.61. The minimum absolute atomic E-state index is 0.0637. The third-order valence-electron chi connectivity index (χ3n) is 2.77. The van der Waals surface area contributed by atoms with Gasteiger partial charge in [-0.05, 0) is 28.9 Å². The molecule has 98 valence electrons. The van der Waals surface area contributed by atoms with Crippen molar-refractivity contribution in [1.82, 2.24) is 9.88 Å². The smallest absolute Gasteiger partial charge is 0.259 e. The number of morpholine rings is 1. The van der Waals surface area contributed by atoms with Crippen LogP contribution in [0.3, 0.4) is 0 Å². The van der Waals surface area contributed by atoms with Gasteiger partial charge in [-0.2, -0.15) is 0 Å². The Bertz CT molecular complexity index is 453. The summed E-state index contributed by atoms with van der Waals surface area (Å²) in [5.41, 5.74) is 0.473. The summed E-state index contributed by atoms with van der Waals surface area (Å²) < 4.78 is 11.3. The summed E-state index contributed by atoms with van der Waals surface area (Å²) in [6.45, 7) is 3.71. The molecule has 1 aliphatic rings. The van der Waals surface area contributed by atoms with Gasteiger partial charge in [0.1, 0.15) is 5.56 Å². The van der Waals surface area contributed by atoms with E-state index in [4.69, 9.17) is 9.47 Å². The van der Waals surface area contributed by atoms with E-state index in [1.54, 1.807) is 17.2 Å². The molecule has 5 nitrogen and oxygen atoms in total. The fourth-order valence-electron chi connectivity index (χ4n) is 1.92. The standard InChI is InChI=1S/C12H15BrN2O3/c1-8-7-15(3-4-18-8)12(16)10-5-9(13)6-14-11(10)17-2/h5-6,8H,3-4,7H2,1-2H3/t8-/m1/s1. The van der Waals surface area contributed by atoms with Crippen LogP contribution in [0.5, 0.6) is 5.88 Å². The topological polar surface area (TPSA) is 51.7 Å². The molecule has 1 amide bonds. The number of carbonyl (C=O) groups excluding carboxylic acids is 1. The number of ether oxygens (including phenoxy) is 2. The van der Waals surface area contributed by atoms with E-state index >= 15 is 0 Å². The van der Waals surface area contributed by atoms with Crippen molar-refractivity contribution in [2.45, 2.75) is 13.0 Å². The van der Waals surface area contributed by atoms with Gasteiger partial charge >= 0.3 is 0 Å².